The van der Waals surface area contributed by atoms with Crippen molar-refractivity contribution < 1.29 is 0 Å². The minimum atomic E-state index is 0.622. The minimum absolute atomic E-state index is 0.622. The first kappa shape index (κ1) is 15.3. The van der Waals surface area contributed by atoms with Crippen molar-refractivity contribution in [1.29, 1.82) is 0 Å². The van der Waals surface area contributed by atoms with Crippen LogP contribution in [0.25, 0.3) is 0 Å². The summed E-state index contributed by atoms with van der Waals surface area (Å²) < 4.78 is 1.46. The van der Waals surface area contributed by atoms with E-state index in [0.29, 0.717) is 12.1 Å². The molecule has 1 N–H and O–H groups in total. The highest BCUT2D eigenvalue weighted by Crippen LogP contribution is 2.37. The SMILES string of the molecule is C[C@@H](NC1CCCc2sc(I)cc21)C1CCCCCC1. The van der Waals surface area contributed by atoms with Crippen molar-refractivity contribution in [2.24, 2.45) is 5.92 Å². The maximum Gasteiger partial charge on any atom is 0.0659 e. The lowest BCUT2D eigenvalue weighted by Crippen LogP contribution is -2.37. The maximum absolute atomic E-state index is 3.99. The number of aryl methyl sites for hydroxylation is 1. The van der Waals surface area contributed by atoms with Gasteiger partial charge in [-0.05, 0) is 79.2 Å². The minimum Gasteiger partial charge on any atom is -0.307 e. The van der Waals surface area contributed by atoms with Gasteiger partial charge in [-0.1, -0.05) is 25.7 Å². The molecule has 0 aromatic carbocycles. The van der Waals surface area contributed by atoms with Gasteiger partial charge in [0, 0.05) is 17.0 Å². The summed E-state index contributed by atoms with van der Waals surface area (Å²) in [5.74, 6) is 0.903. The van der Waals surface area contributed by atoms with Crippen molar-refractivity contribution >= 4 is 33.9 Å². The van der Waals surface area contributed by atoms with E-state index in [1.807, 2.05) is 11.3 Å². The van der Waals surface area contributed by atoms with Crippen molar-refractivity contribution in [3.05, 3.63) is 19.4 Å². The molecule has 1 heterocycles. The van der Waals surface area contributed by atoms with Crippen LogP contribution in [-0.2, 0) is 6.42 Å². The lowest BCUT2D eigenvalue weighted by atomic mass is 9.89. The lowest BCUT2D eigenvalue weighted by molar-refractivity contribution is 0.297. The largest absolute Gasteiger partial charge is 0.307 e. The third kappa shape index (κ3) is 3.58. The van der Waals surface area contributed by atoms with Crippen LogP contribution in [0.2, 0.25) is 0 Å². The fraction of sp³-hybridized carbons (Fsp3) is 0.765. The van der Waals surface area contributed by atoms with Crippen molar-refractivity contribution in [1.82, 2.24) is 5.32 Å². The quantitative estimate of drug-likeness (QED) is 0.506. The Kier molecular flexibility index (Phi) is 5.43. The number of nitrogens with one attached hydrogen (secondary N) is 1. The smallest absolute Gasteiger partial charge is 0.0659 e. The molecule has 0 bridgehead atoms. The summed E-state index contributed by atoms with van der Waals surface area (Å²) in [4.78, 5) is 1.64. The summed E-state index contributed by atoms with van der Waals surface area (Å²) in [6.07, 6.45) is 12.7. The van der Waals surface area contributed by atoms with E-state index in [9.17, 15) is 0 Å². The Morgan fingerprint density at radius 2 is 1.90 bits per heavy atom. The van der Waals surface area contributed by atoms with E-state index in [2.05, 4.69) is 40.9 Å². The predicted octanol–water partition coefficient (Wildman–Crippen LogP) is 5.68. The van der Waals surface area contributed by atoms with Gasteiger partial charge in [0.1, 0.15) is 0 Å². The van der Waals surface area contributed by atoms with Crippen molar-refractivity contribution in [2.75, 3.05) is 0 Å². The summed E-state index contributed by atoms with van der Waals surface area (Å²) in [6, 6.07) is 3.73. The summed E-state index contributed by atoms with van der Waals surface area (Å²) in [7, 11) is 0. The molecular formula is C17H26INS. The second-order valence-electron chi connectivity index (χ2n) is 6.58. The van der Waals surface area contributed by atoms with Gasteiger partial charge in [0.15, 0.2) is 0 Å². The van der Waals surface area contributed by atoms with Gasteiger partial charge in [0.05, 0.1) is 2.88 Å². The Bertz CT molecular complexity index is 434. The maximum atomic E-state index is 3.99. The first-order valence-electron chi connectivity index (χ1n) is 8.28. The van der Waals surface area contributed by atoms with Gasteiger partial charge in [-0.25, -0.2) is 0 Å². The van der Waals surface area contributed by atoms with Gasteiger partial charge in [0.2, 0.25) is 0 Å². The highest BCUT2D eigenvalue weighted by atomic mass is 127. The van der Waals surface area contributed by atoms with Crippen LogP contribution in [0.4, 0.5) is 0 Å². The molecule has 2 aliphatic rings. The van der Waals surface area contributed by atoms with Gasteiger partial charge < -0.3 is 5.32 Å². The summed E-state index contributed by atoms with van der Waals surface area (Å²) in [5.41, 5.74) is 1.62. The highest BCUT2D eigenvalue weighted by molar-refractivity contribution is 14.1. The summed E-state index contributed by atoms with van der Waals surface area (Å²) in [6.45, 7) is 2.43. The topological polar surface area (TPSA) is 12.0 Å². The number of hydrogen-bond donors (Lipinski definition) is 1. The number of fused-ring (bicyclic) bond motifs is 1. The van der Waals surface area contributed by atoms with Crippen LogP contribution >= 0.6 is 33.9 Å². The third-order valence-corrected chi connectivity index (χ3v) is 7.13. The summed E-state index contributed by atoms with van der Waals surface area (Å²) >= 11 is 4.49. The molecular weight excluding hydrogens is 377 g/mol. The fourth-order valence-electron chi connectivity index (χ4n) is 3.96. The molecule has 0 aliphatic heterocycles. The summed E-state index contributed by atoms with van der Waals surface area (Å²) in [5, 5.41) is 3.99. The van der Waals surface area contributed by atoms with Crippen LogP contribution in [0.1, 0.15) is 74.8 Å². The normalized spacial score (nSPS) is 26.0. The van der Waals surface area contributed by atoms with Crippen molar-refractivity contribution in [3.63, 3.8) is 0 Å². The van der Waals surface area contributed by atoms with Crippen LogP contribution in [-0.4, -0.2) is 6.04 Å². The molecule has 2 atom stereocenters. The zero-order valence-corrected chi connectivity index (χ0v) is 15.4. The van der Waals surface area contributed by atoms with Gasteiger partial charge in [-0.2, -0.15) is 0 Å². The second kappa shape index (κ2) is 7.10. The fourth-order valence-corrected chi connectivity index (χ4v) is 6.08. The molecule has 112 valence electrons. The van der Waals surface area contributed by atoms with Gasteiger partial charge >= 0.3 is 0 Å². The molecule has 0 radical (unpaired) electrons. The highest BCUT2D eigenvalue weighted by Gasteiger charge is 2.26. The lowest BCUT2D eigenvalue weighted by Gasteiger charge is -2.31. The molecule has 1 fully saturated rings. The molecule has 1 aromatic heterocycles. The molecule has 3 rings (SSSR count). The van der Waals surface area contributed by atoms with Gasteiger partial charge in [-0.3, -0.25) is 0 Å². The molecule has 20 heavy (non-hydrogen) atoms. The van der Waals surface area contributed by atoms with Crippen molar-refractivity contribution in [3.8, 4) is 0 Å². The first-order chi connectivity index (χ1) is 9.74. The molecule has 1 nitrogen and oxygen atoms in total. The Balaban J connectivity index is 1.65. The zero-order valence-electron chi connectivity index (χ0n) is 12.5. The number of rotatable bonds is 3. The van der Waals surface area contributed by atoms with Crippen LogP contribution in [0, 0.1) is 8.80 Å². The second-order valence-corrected chi connectivity index (χ2v) is 9.61. The van der Waals surface area contributed by atoms with E-state index >= 15 is 0 Å². The number of halogens is 1. The molecule has 2 aliphatic carbocycles. The van der Waals surface area contributed by atoms with E-state index in [1.54, 1.807) is 10.4 Å². The van der Waals surface area contributed by atoms with E-state index in [-0.39, 0.29) is 0 Å². The number of thiophene rings is 1. The molecule has 0 spiro atoms. The Morgan fingerprint density at radius 1 is 1.15 bits per heavy atom. The van der Waals surface area contributed by atoms with Gasteiger partial charge in [-0.15, -0.1) is 11.3 Å². The molecule has 1 aromatic rings. The molecule has 0 saturated heterocycles. The Labute approximate surface area is 141 Å². The third-order valence-electron chi connectivity index (χ3n) is 5.15. The van der Waals surface area contributed by atoms with E-state index < -0.39 is 0 Å². The molecule has 3 heteroatoms. The zero-order chi connectivity index (χ0) is 13.9. The standard InChI is InChI=1S/C17H26INS/c1-12(13-7-4-2-3-5-8-13)19-15-9-6-10-16-14(15)11-17(18)20-16/h11-13,15,19H,2-10H2,1H3/t12-,15?/m1/s1. The van der Waals surface area contributed by atoms with Crippen LogP contribution in [0.3, 0.4) is 0 Å². The Morgan fingerprint density at radius 3 is 2.65 bits per heavy atom. The molecule has 0 amide bonds. The van der Waals surface area contributed by atoms with Gasteiger partial charge in [0.25, 0.3) is 0 Å². The van der Waals surface area contributed by atoms with Crippen LogP contribution < -0.4 is 5.32 Å². The molecule has 1 unspecified atom stereocenters. The monoisotopic (exact) mass is 403 g/mol. The molecule has 1 saturated carbocycles. The predicted molar refractivity (Wildman–Crippen MR) is 96.5 cm³/mol. The Hall–Kier alpha value is 0.390. The van der Waals surface area contributed by atoms with Crippen LogP contribution in [0.5, 0.6) is 0 Å². The van der Waals surface area contributed by atoms with Crippen LogP contribution in [0.15, 0.2) is 6.07 Å². The van der Waals surface area contributed by atoms with E-state index in [1.165, 1.54) is 60.7 Å². The van der Waals surface area contributed by atoms with E-state index in [4.69, 9.17) is 0 Å². The number of hydrogen-bond acceptors (Lipinski definition) is 2. The average molecular weight is 403 g/mol. The van der Waals surface area contributed by atoms with E-state index in [0.717, 1.165) is 5.92 Å². The first-order valence-corrected chi connectivity index (χ1v) is 10.2. The van der Waals surface area contributed by atoms with Crippen molar-refractivity contribution in [2.45, 2.75) is 76.8 Å². The average Bonchev–Trinajstić information content (AvgIpc) is 2.64.